The predicted molar refractivity (Wildman–Crippen MR) is 73.4 cm³/mol. The minimum atomic E-state index is -0.507. The Balaban J connectivity index is 2.37. The zero-order chi connectivity index (χ0) is 13.8. The maximum atomic E-state index is 11.9. The van der Waals surface area contributed by atoms with Gasteiger partial charge in [0.25, 0.3) is 0 Å². The molecule has 1 atom stereocenters. The van der Waals surface area contributed by atoms with E-state index in [0.29, 0.717) is 11.3 Å². The molecule has 0 aromatic carbocycles. The van der Waals surface area contributed by atoms with E-state index in [-0.39, 0.29) is 12.6 Å². The molecule has 0 aromatic heterocycles. The number of urea groups is 1. The lowest BCUT2D eigenvalue weighted by molar-refractivity contribution is 0.162. The number of aliphatic hydroxyl groups excluding tert-OH is 1. The van der Waals surface area contributed by atoms with Crippen molar-refractivity contribution >= 4 is 6.03 Å². The maximum absolute atomic E-state index is 11.9. The molecule has 3 N–H and O–H groups in total. The standard InChI is InChI=1S/C14H28N2O2/c1-5-6-13(4,10-17)16-12(18)15-9-14(7-8-14)11(2)3/h11,17H,5-10H2,1-4H3,(H2,15,16,18). The molecule has 0 radical (unpaired) electrons. The molecule has 0 spiro atoms. The summed E-state index contributed by atoms with van der Waals surface area (Å²) < 4.78 is 0. The van der Waals surface area contributed by atoms with Crippen LogP contribution in [0.4, 0.5) is 4.79 Å². The SMILES string of the molecule is CCCC(C)(CO)NC(=O)NCC1(C(C)C)CC1. The molecule has 1 unspecified atom stereocenters. The number of rotatable bonds is 7. The third-order valence-electron chi connectivity index (χ3n) is 4.28. The minimum absolute atomic E-state index is 0.0242. The van der Waals surface area contributed by atoms with Crippen LogP contribution in [0, 0.1) is 11.3 Å². The summed E-state index contributed by atoms with van der Waals surface area (Å²) in [5.74, 6) is 0.609. The van der Waals surface area contributed by atoms with Crippen LogP contribution in [-0.4, -0.2) is 29.8 Å². The highest BCUT2D eigenvalue weighted by Gasteiger charge is 2.45. The molecule has 1 rings (SSSR count). The van der Waals surface area contributed by atoms with Gasteiger partial charge < -0.3 is 15.7 Å². The average Bonchev–Trinajstić information content (AvgIpc) is 3.08. The summed E-state index contributed by atoms with van der Waals surface area (Å²) in [6, 6.07) is -0.160. The highest BCUT2D eigenvalue weighted by atomic mass is 16.3. The Kier molecular flexibility index (Phi) is 5.02. The first-order chi connectivity index (χ1) is 8.37. The number of aliphatic hydroxyl groups is 1. The second kappa shape index (κ2) is 5.91. The summed E-state index contributed by atoms with van der Waals surface area (Å²) in [4.78, 5) is 11.9. The molecule has 4 nitrogen and oxygen atoms in total. The Hall–Kier alpha value is -0.770. The van der Waals surface area contributed by atoms with Gasteiger partial charge in [0.05, 0.1) is 12.1 Å². The first kappa shape index (κ1) is 15.3. The van der Waals surface area contributed by atoms with E-state index in [0.717, 1.165) is 19.4 Å². The van der Waals surface area contributed by atoms with Crippen molar-refractivity contribution < 1.29 is 9.90 Å². The van der Waals surface area contributed by atoms with E-state index in [1.807, 2.05) is 13.8 Å². The summed E-state index contributed by atoms with van der Waals surface area (Å²) in [5, 5.41) is 15.2. The number of amides is 2. The molecular weight excluding hydrogens is 228 g/mol. The highest BCUT2D eigenvalue weighted by molar-refractivity contribution is 5.74. The van der Waals surface area contributed by atoms with Crippen molar-refractivity contribution in [3.63, 3.8) is 0 Å². The Morgan fingerprint density at radius 1 is 1.44 bits per heavy atom. The molecule has 1 aliphatic rings. The van der Waals surface area contributed by atoms with Crippen LogP contribution in [0.2, 0.25) is 0 Å². The van der Waals surface area contributed by atoms with Crippen LogP contribution in [-0.2, 0) is 0 Å². The van der Waals surface area contributed by atoms with Crippen molar-refractivity contribution in [2.75, 3.05) is 13.2 Å². The van der Waals surface area contributed by atoms with E-state index < -0.39 is 5.54 Å². The Morgan fingerprint density at radius 2 is 2.06 bits per heavy atom. The van der Waals surface area contributed by atoms with E-state index in [1.54, 1.807) is 0 Å². The van der Waals surface area contributed by atoms with Gasteiger partial charge in [-0.25, -0.2) is 4.79 Å². The Morgan fingerprint density at radius 3 is 2.44 bits per heavy atom. The zero-order valence-corrected chi connectivity index (χ0v) is 12.2. The lowest BCUT2D eigenvalue weighted by Crippen LogP contribution is -2.53. The van der Waals surface area contributed by atoms with Gasteiger partial charge in [-0.15, -0.1) is 0 Å². The van der Waals surface area contributed by atoms with Crippen molar-refractivity contribution in [2.45, 2.75) is 58.9 Å². The highest BCUT2D eigenvalue weighted by Crippen LogP contribution is 2.51. The van der Waals surface area contributed by atoms with Crippen LogP contribution >= 0.6 is 0 Å². The quantitative estimate of drug-likeness (QED) is 0.654. The topological polar surface area (TPSA) is 61.4 Å². The van der Waals surface area contributed by atoms with E-state index in [1.165, 1.54) is 12.8 Å². The number of carbonyl (C=O) groups excluding carboxylic acids is 1. The van der Waals surface area contributed by atoms with Crippen LogP contribution in [0.15, 0.2) is 0 Å². The van der Waals surface area contributed by atoms with Crippen LogP contribution in [0.25, 0.3) is 0 Å². The monoisotopic (exact) mass is 256 g/mol. The van der Waals surface area contributed by atoms with Gasteiger partial charge in [0.1, 0.15) is 0 Å². The summed E-state index contributed by atoms with van der Waals surface area (Å²) in [6.45, 7) is 9.06. The summed E-state index contributed by atoms with van der Waals surface area (Å²) in [6.07, 6.45) is 4.13. The van der Waals surface area contributed by atoms with Gasteiger partial charge in [0, 0.05) is 6.54 Å². The Labute approximate surface area is 111 Å². The molecule has 1 fully saturated rings. The third kappa shape index (κ3) is 3.87. The molecule has 0 bridgehead atoms. The number of hydrogen-bond acceptors (Lipinski definition) is 2. The first-order valence-corrected chi connectivity index (χ1v) is 7.04. The molecule has 18 heavy (non-hydrogen) atoms. The lowest BCUT2D eigenvalue weighted by Gasteiger charge is -2.29. The predicted octanol–water partition coefficient (Wildman–Crippen LogP) is 2.27. The summed E-state index contributed by atoms with van der Waals surface area (Å²) >= 11 is 0. The zero-order valence-electron chi connectivity index (χ0n) is 12.2. The molecule has 1 saturated carbocycles. The van der Waals surface area contributed by atoms with E-state index in [2.05, 4.69) is 24.5 Å². The lowest BCUT2D eigenvalue weighted by atomic mass is 9.92. The van der Waals surface area contributed by atoms with Crippen molar-refractivity contribution in [1.82, 2.24) is 10.6 Å². The van der Waals surface area contributed by atoms with Crippen LogP contribution in [0.5, 0.6) is 0 Å². The smallest absolute Gasteiger partial charge is 0.315 e. The normalized spacial score (nSPS) is 20.3. The fraction of sp³-hybridized carbons (Fsp3) is 0.929. The van der Waals surface area contributed by atoms with Crippen molar-refractivity contribution in [3.05, 3.63) is 0 Å². The molecule has 106 valence electrons. The van der Waals surface area contributed by atoms with Crippen LogP contribution in [0.3, 0.4) is 0 Å². The molecule has 1 aliphatic carbocycles. The van der Waals surface area contributed by atoms with Crippen LogP contribution < -0.4 is 10.6 Å². The van der Waals surface area contributed by atoms with Crippen molar-refractivity contribution in [3.8, 4) is 0 Å². The maximum Gasteiger partial charge on any atom is 0.315 e. The Bertz CT molecular complexity index is 288. The van der Waals surface area contributed by atoms with Crippen LogP contribution in [0.1, 0.15) is 53.4 Å². The molecule has 4 heteroatoms. The molecule has 0 heterocycles. The third-order valence-corrected chi connectivity index (χ3v) is 4.28. The minimum Gasteiger partial charge on any atom is -0.394 e. The molecule has 0 aromatic rings. The van der Waals surface area contributed by atoms with Gasteiger partial charge in [-0.3, -0.25) is 0 Å². The molecule has 0 saturated heterocycles. The van der Waals surface area contributed by atoms with Crippen molar-refractivity contribution in [2.24, 2.45) is 11.3 Å². The average molecular weight is 256 g/mol. The van der Waals surface area contributed by atoms with Crippen molar-refractivity contribution in [1.29, 1.82) is 0 Å². The second-order valence-corrected chi connectivity index (χ2v) is 6.29. The largest absolute Gasteiger partial charge is 0.394 e. The van der Waals surface area contributed by atoms with Gasteiger partial charge in [0.15, 0.2) is 0 Å². The van der Waals surface area contributed by atoms with Gasteiger partial charge in [0.2, 0.25) is 0 Å². The second-order valence-electron chi connectivity index (χ2n) is 6.29. The van der Waals surface area contributed by atoms with Gasteiger partial charge >= 0.3 is 6.03 Å². The molecule has 2 amide bonds. The fourth-order valence-electron chi connectivity index (χ4n) is 2.43. The molecule has 0 aliphatic heterocycles. The van der Waals surface area contributed by atoms with Gasteiger partial charge in [-0.1, -0.05) is 27.2 Å². The first-order valence-electron chi connectivity index (χ1n) is 7.04. The van der Waals surface area contributed by atoms with Gasteiger partial charge in [-0.05, 0) is 37.5 Å². The van der Waals surface area contributed by atoms with E-state index in [9.17, 15) is 9.90 Å². The van der Waals surface area contributed by atoms with E-state index in [4.69, 9.17) is 0 Å². The van der Waals surface area contributed by atoms with Gasteiger partial charge in [-0.2, -0.15) is 0 Å². The van der Waals surface area contributed by atoms with E-state index >= 15 is 0 Å². The number of hydrogen-bond donors (Lipinski definition) is 3. The molecular formula is C14H28N2O2. The fourth-order valence-corrected chi connectivity index (χ4v) is 2.43. The number of nitrogens with one attached hydrogen (secondary N) is 2. The number of carbonyl (C=O) groups is 1. The summed E-state index contributed by atoms with van der Waals surface area (Å²) in [7, 11) is 0. The summed E-state index contributed by atoms with van der Waals surface area (Å²) in [5.41, 5.74) is -0.189.